The largest absolute Gasteiger partial charge is 0.489 e. The topological polar surface area (TPSA) is 79.5 Å². The molecular formula is C23H29N3O3. The van der Waals surface area contributed by atoms with E-state index in [4.69, 9.17) is 4.74 Å². The van der Waals surface area contributed by atoms with Crippen LogP contribution in [0.25, 0.3) is 0 Å². The van der Waals surface area contributed by atoms with Crippen LogP contribution in [0.3, 0.4) is 0 Å². The Morgan fingerprint density at radius 1 is 0.966 bits per heavy atom. The van der Waals surface area contributed by atoms with E-state index in [1.165, 1.54) is 0 Å². The number of benzene rings is 2. The van der Waals surface area contributed by atoms with Crippen molar-refractivity contribution in [3.05, 3.63) is 66.2 Å². The molecule has 0 aliphatic heterocycles. The highest BCUT2D eigenvalue weighted by molar-refractivity contribution is 5.95. The number of carbonyl (C=O) groups is 2. The maximum Gasteiger partial charge on any atom is 0.251 e. The predicted octanol–water partition coefficient (Wildman–Crippen LogP) is 4.22. The molecule has 0 aromatic heterocycles. The summed E-state index contributed by atoms with van der Waals surface area (Å²) in [7, 11) is 0. The summed E-state index contributed by atoms with van der Waals surface area (Å²) < 4.78 is 5.53. The van der Waals surface area contributed by atoms with Gasteiger partial charge in [-0.25, -0.2) is 0 Å². The fourth-order valence-electron chi connectivity index (χ4n) is 2.38. The lowest BCUT2D eigenvalue weighted by Crippen LogP contribution is -2.40. The first-order chi connectivity index (χ1) is 13.6. The van der Waals surface area contributed by atoms with E-state index in [2.05, 4.69) is 22.5 Å². The van der Waals surface area contributed by atoms with E-state index in [9.17, 15) is 9.59 Å². The summed E-state index contributed by atoms with van der Waals surface area (Å²) in [6.45, 7) is 12.1. The van der Waals surface area contributed by atoms with Gasteiger partial charge in [-0.2, -0.15) is 0 Å². The van der Waals surface area contributed by atoms with Gasteiger partial charge in [0.25, 0.3) is 5.91 Å². The molecule has 0 radical (unpaired) electrons. The molecule has 0 fully saturated rings. The van der Waals surface area contributed by atoms with Gasteiger partial charge in [-0.15, -0.1) is 0 Å². The van der Waals surface area contributed by atoms with Crippen LogP contribution in [0.5, 0.6) is 5.75 Å². The van der Waals surface area contributed by atoms with Crippen molar-refractivity contribution in [3.63, 3.8) is 0 Å². The second kappa shape index (κ2) is 9.78. The molecule has 3 N–H and O–H groups in total. The van der Waals surface area contributed by atoms with Crippen LogP contribution in [0.4, 0.5) is 11.4 Å². The average Bonchev–Trinajstić information content (AvgIpc) is 2.65. The summed E-state index contributed by atoms with van der Waals surface area (Å²) in [5.74, 6) is 0.423. The van der Waals surface area contributed by atoms with Gasteiger partial charge in [0, 0.05) is 22.5 Å². The van der Waals surface area contributed by atoms with Crippen molar-refractivity contribution < 1.29 is 14.3 Å². The molecule has 0 heterocycles. The minimum Gasteiger partial charge on any atom is -0.489 e. The SMILES string of the molecule is C=C(C)COc1ccc(NC(=O)CNc2ccc(C(=O)NC(C)(C)C)cc2)cc1. The number of hydrogen-bond donors (Lipinski definition) is 3. The van der Waals surface area contributed by atoms with E-state index in [0.717, 1.165) is 17.0 Å². The Bertz CT molecular complexity index is 850. The van der Waals surface area contributed by atoms with Crippen LogP contribution >= 0.6 is 0 Å². The molecule has 2 rings (SSSR count). The van der Waals surface area contributed by atoms with E-state index in [-0.39, 0.29) is 23.9 Å². The first-order valence-corrected chi connectivity index (χ1v) is 9.46. The third-order valence-electron chi connectivity index (χ3n) is 3.71. The number of anilines is 2. The quantitative estimate of drug-likeness (QED) is 0.585. The van der Waals surface area contributed by atoms with Crippen molar-refractivity contribution in [2.45, 2.75) is 33.2 Å². The third kappa shape index (κ3) is 8.09. The Labute approximate surface area is 172 Å². The van der Waals surface area contributed by atoms with Gasteiger partial charge in [0.1, 0.15) is 12.4 Å². The van der Waals surface area contributed by atoms with Gasteiger partial charge in [0.05, 0.1) is 6.54 Å². The van der Waals surface area contributed by atoms with Crippen molar-refractivity contribution in [2.75, 3.05) is 23.8 Å². The molecular weight excluding hydrogens is 366 g/mol. The Hall–Kier alpha value is -3.28. The van der Waals surface area contributed by atoms with E-state index in [1.54, 1.807) is 48.5 Å². The maximum absolute atomic E-state index is 12.1. The molecule has 2 aromatic rings. The van der Waals surface area contributed by atoms with Gasteiger partial charge in [0.2, 0.25) is 5.91 Å². The highest BCUT2D eigenvalue weighted by Crippen LogP contribution is 2.16. The Morgan fingerprint density at radius 2 is 1.55 bits per heavy atom. The molecule has 0 bridgehead atoms. The fraction of sp³-hybridized carbons (Fsp3) is 0.304. The summed E-state index contributed by atoms with van der Waals surface area (Å²) in [5, 5.41) is 8.78. The van der Waals surface area contributed by atoms with Gasteiger partial charge in [0.15, 0.2) is 0 Å². The monoisotopic (exact) mass is 395 g/mol. The lowest BCUT2D eigenvalue weighted by atomic mass is 10.1. The molecule has 0 aliphatic carbocycles. The predicted molar refractivity (Wildman–Crippen MR) is 118 cm³/mol. The fourth-order valence-corrected chi connectivity index (χ4v) is 2.38. The van der Waals surface area contributed by atoms with Gasteiger partial charge in [-0.1, -0.05) is 6.58 Å². The molecule has 0 unspecified atom stereocenters. The van der Waals surface area contributed by atoms with E-state index in [0.29, 0.717) is 17.9 Å². The number of ether oxygens (including phenoxy) is 1. The standard InChI is InChI=1S/C23H29N3O3/c1-16(2)15-29-20-12-10-19(11-13-20)25-21(27)14-24-18-8-6-17(7-9-18)22(28)26-23(3,4)5/h6-13,24H,1,14-15H2,2-5H3,(H,25,27)(H,26,28). The van der Waals surface area contributed by atoms with E-state index < -0.39 is 0 Å². The second-order valence-corrected chi connectivity index (χ2v) is 7.95. The van der Waals surface area contributed by atoms with Crippen LogP contribution in [-0.2, 0) is 4.79 Å². The minimum atomic E-state index is -0.291. The first-order valence-electron chi connectivity index (χ1n) is 9.46. The summed E-state index contributed by atoms with van der Waals surface area (Å²) in [6, 6.07) is 14.2. The number of amides is 2. The summed E-state index contributed by atoms with van der Waals surface area (Å²) >= 11 is 0. The molecule has 0 saturated carbocycles. The van der Waals surface area contributed by atoms with E-state index in [1.807, 2.05) is 27.7 Å². The molecule has 154 valence electrons. The smallest absolute Gasteiger partial charge is 0.251 e. The number of hydrogen-bond acceptors (Lipinski definition) is 4. The van der Waals surface area contributed by atoms with Gasteiger partial charge >= 0.3 is 0 Å². The minimum absolute atomic E-state index is 0.113. The zero-order valence-corrected chi connectivity index (χ0v) is 17.5. The van der Waals surface area contributed by atoms with Crippen molar-refractivity contribution in [3.8, 4) is 5.75 Å². The number of rotatable bonds is 8. The molecule has 6 heteroatoms. The van der Waals surface area contributed by atoms with Crippen molar-refractivity contribution in [1.82, 2.24) is 5.32 Å². The summed E-state index contributed by atoms with van der Waals surface area (Å²) in [4.78, 5) is 24.3. The molecule has 6 nitrogen and oxygen atoms in total. The first kappa shape index (κ1) is 22.0. The highest BCUT2D eigenvalue weighted by atomic mass is 16.5. The van der Waals surface area contributed by atoms with Crippen LogP contribution < -0.4 is 20.7 Å². The molecule has 2 amide bonds. The molecule has 0 spiro atoms. The summed E-state index contributed by atoms with van der Waals surface area (Å²) in [6.07, 6.45) is 0. The van der Waals surface area contributed by atoms with Crippen LogP contribution in [0.1, 0.15) is 38.1 Å². The lowest BCUT2D eigenvalue weighted by Gasteiger charge is -2.20. The molecule has 2 aromatic carbocycles. The zero-order valence-electron chi connectivity index (χ0n) is 17.5. The van der Waals surface area contributed by atoms with E-state index >= 15 is 0 Å². The third-order valence-corrected chi connectivity index (χ3v) is 3.71. The van der Waals surface area contributed by atoms with Crippen molar-refractivity contribution >= 4 is 23.2 Å². The second-order valence-electron chi connectivity index (χ2n) is 7.95. The van der Waals surface area contributed by atoms with Crippen molar-refractivity contribution in [1.29, 1.82) is 0 Å². The maximum atomic E-state index is 12.1. The number of carbonyl (C=O) groups excluding carboxylic acids is 2. The lowest BCUT2D eigenvalue weighted by molar-refractivity contribution is -0.114. The Kier molecular flexibility index (Phi) is 7.42. The highest BCUT2D eigenvalue weighted by Gasteiger charge is 2.15. The van der Waals surface area contributed by atoms with Crippen LogP contribution in [-0.4, -0.2) is 30.5 Å². The average molecular weight is 396 g/mol. The van der Waals surface area contributed by atoms with Crippen molar-refractivity contribution in [2.24, 2.45) is 0 Å². The van der Waals surface area contributed by atoms with Gasteiger partial charge in [-0.3, -0.25) is 9.59 Å². The van der Waals surface area contributed by atoms with Crippen LogP contribution in [0.2, 0.25) is 0 Å². The van der Waals surface area contributed by atoms with Crippen LogP contribution in [0.15, 0.2) is 60.7 Å². The molecule has 0 saturated heterocycles. The normalized spacial score (nSPS) is 10.8. The van der Waals surface area contributed by atoms with Crippen LogP contribution in [0, 0.1) is 0 Å². The Balaban J connectivity index is 1.81. The summed E-state index contributed by atoms with van der Waals surface area (Å²) in [5.41, 5.74) is 2.67. The molecule has 29 heavy (non-hydrogen) atoms. The van der Waals surface area contributed by atoms with Gasteiger partial charge < -0.3 is 20.7 Å². The van der Waals surface area contributed by atoms with Gasteiger partial charge in [-0.05, 0) is 81.8 Å². The molecule has 0 aliphatic rings. The number of nitrogens with one attached hydrogen (secondary N) is 3. The molecule has 0 atom stereocenters. The zero-order chi connectivity index (χ0) is 21.4. The Morgan fingerprint density at radius 3 is 2.10 bits per heavy atom.